The Hall–Kier alpha value is -1.88. The summed E-state index contributed by atoms with van der Waals surface area (Å²) in [5.41, 5.74) is 6.99. The normalized spacial score (nSPS) is 19.1. The maximum absolute atomic E-state index is 11.5. The molecule has 4 aromatic rings. The summed E-state index contributed by atoms with van der Waals surface area (Å²) in [5, 5.41) is 15.7. The van der Waals surface area contributed by atoms with E-state index in [4.69, 9.17) is 12.6 Å². The van der Waals surface area contributed by atoms with Gasteiger partial charge in [0.25, 0.3) is 0 Å². The van der Waals surface area contributed by atoms with Crippen molar-refractivity contribution in [3.63, 3.8) is 0 Å². The van der Waals surface area contributed by atoms with Crippen molar-refractivity contribution in [2.75, 3.05) is 0 Å². The number of aromatic hydroxyl groups is 1. The monoisotopic (exact) mass is 516 g/mol. The lowest BCUT2D eigenvalue weighted by atomic mass is 9.52. The minimum absolute atomic E-state index is 0.0750. The van der Waals surface area contributed by atoms with Crippen molar-refractivity contribution in [2.45, 2.75) is 67.2 Å². The Morgan fingerprint density at radius 3 is 2.31 bits per heavy atom. The molecule has 35 heavy (non-hydrogen) atoms. The molecule has 0 saturated heterocycles. The number of rotatable bonds is 3. The van der Waals surface area contributed by atoms with Crippen LogP contribution in [-0.4, -0.2) is 5.11 Å². The van der Waals surface area contributed by atoms with Crippen LogP contribution in [0.1, 0.15) is 63.6 Å². The molecule has 1 aromatic heterocycles. The van der Waals surface area contributed by atoms with E-state index in [1.54, 1.807) is 23.1 Å². The Morgan fingerprint density at radius 1 is 0.886 bits per heavy atom. The third-order valence-corrected chi connectivity index (χ3v) is 10.4. The maximum Gasteiger partial charge on any atom is 0.123 e. The number of phenols is 1. The van der Waals surface area contributed by atoms with Crippen LogP contribution in [0, 0.1) is 10.8 Å². The van der Waals surface area contributed by atoms with E-state index in [1.165, 1.54) is 43.3 Å². The molecule has 1 nitrogen and oxygen atoms in total. The zero-order valence-electron chi connectivity index (χ0n) is 20.8. The summed E-state index contributed by atoms with van der Waals surface area (Å²) in [4.78, 5) is 1.17. The zero-order valence-corrected chi connectivity index (χ0v) is 23.3. The maximum atomic E-state index is 11.5. The SMILES string of the molecule is CC1(C)CC(C)(C)CC2(C1)c1ccccc1-c1c2cc(O)c2cc(Sc3cccs3)c(CS)cc12. The van der Waals surface area contributed by atoms with Crippen LogP contribution in [0.2, 0.25) is 0 Å². The van der Waals surface area contributed by atoms with Gasteiger partial charge in [-0.25, -0.2) is 0 Å². The average molecular weight is 517 g/mol. The van der Waals surface area contributed by atoms with Crippen molar-refractivity contribution in [2.24, 2.45) is 10.8 Å². The topological polar surface area (TPSA) is 20.2 Å². The van der Waals surface area contributed by atoms with Gasteiger partial charge in [0.05, 0.1) is 4.21 Å². The second kappa shape index (κ2) is 8.06. The third kappa shape index (κ3) is 3.75. The highest BCUT2D eigenvalue weighted by molar-refractivity contribution is 8.01. The van der Waals surface area contributed by atoms with Crippen LogP contribution in [-0.2, 0) is 11.2 Å². The van der Waals surface area contributed by atoms with Gasteiger partial charge in [0.2, 0.25) is 0 Å². The molecule has 3 aromatic carbocycles. The molecular weight excluding hydrogens is 485 g/mol. The Balaban J connectivity index is 1.64. The van der Waals surface area contributed by atoms with E-state index in [0.717, 1.165) is 23.6 Å². The van der Waals surface area contributed by atoms with Crippen molar-refractivity contribution in [1.29, 1.82) is 0 Å². The molecule has 0 amide bonds. The second-order valence-electron chi connectivity index (χ2n) is 12.0. The summed E-state index contributed by atoms with van der Waals surface area (Å²) in [5.74, 6) is 1.06. The molecule has 180 valence electrons. The Bertz CT molecular complexity index is 1430. The largest absolute Gasteiger partial charge is 0.507 e. The van der Waals surface area contributed by atoms with E-state index in [9.17, 15) is 5.11 Å². The lowest BCUT2D eigenvalue weighted by Gasteiger charge is -2.51. The first-order valence-electron chi connectivity index (χ1n) is 12.4. The van der Waals surface area contributed by atoms with Crippen molar-refractivity contribution < 1.29 is 5.11 Å². The second-order valence-corrected chi connectivity index (χ2v) is 14.6. The van der Waals surface area contributed by atoms with Crippen molar-refractivity contribution in [1.82, 2.24) is 0 Å². The average Bonchev–Trinajstić information content (AvgIpc) is 3.37. The van der Waals surface area contributed by atoms with Gasteiger partial charge in [-0.1, -0.05) is 69.8 Å². The first-order chi connectivity index (χ1) is 16.6. The van der Waals surface area contributed by atoms with E-state index in [-0.39, 0.29) is 16.2 Å². The molecule has 0 bridgehead atoms. The first-order valence-corrected chi connectivity index (χ1v) is 14.7. The molecule has 0 radical (unpaired) electrons. The van der Waals surface area contributed by atoms with E-state index in [2.05, 4.69) is 87.7 Å². The number of hydrogen-bond donors (Lipinski definition) is 2. The highest BCUT2D eigenvalue weighted by atomic mass is 32.2. The molecular formula is C31H32OS3. The molecule has 2 aliphatic rings. The number of hydrogen-bond acceptors (Lipinski definition) is 4. The predicted octanol–water partition coefficient (Wildman–Crippen LogP) is 9.69. The molecule has 0 atom stereocenters. The molecule has 1 fully saturated rings. The van der Waals surface area contributed by atoms with Crippen LogP contribution in [0.4, 0.5) is 0 Å². The lowest BCUT2D eigenvalue weighted by molar-refractivity contribution is 0.0645. The van der Waals surface area contributed by atoms with Gasteiger partial charge in [0, 0.05) is 21.4 Å². The van der Waals surface area contributed by atoms with Gasteiger partial charge in [-0.15, -0.1) is 11.3 Å². The lowest BCUT2D eigenvalue weighted by Crippen LogP contribution is -2.43. The summed E-state index contributed by atoms with van der Waals surface area (Å²) in [6.45, 7) is 9.68. The van der Waals surface area contributed by atoms with Crippen LogP contribution in [0.3, 0.4) is 0 Å². The minimum atomic E-state index is -0.0750. The summed E-state index contributed by atoms with van der Waals surface area (Å²) in [7, 11) is 0. The number of phenolic OH excluding ortho intramolecular Hbond substituents is 1. The summed E-state index contributed by atoms with van der Waals surface area (Å²) in [6.07, 6.45) is 3.42. The van der Waals surface area contributed by atoms with Gasteiger partial charge in [-0.3, -0.25) is 0 Å². The fourth-order valence-corrected chi connectivity index (χ4v) is 9.80. The quantitative estimate of drug-likeness (QED) is 0.264. The number of thiol groups is 1. The minimum Gasteiger partial charge on any atom is -0.507 e. The predicted molar refractivity (Wildman–Crippen MR) is 154 cm³/mol. The van der Waals surface area contributed by atoms with Gasteiger partial charge in [0.1, 0.15) is 5.75 Å². The zero-order chi connectivity index (χ0) is 24.6. The highest BCUT2D eigenvalue weighted by Gasteiger charge is 2.53. The smallest absolute Gasteiger partial charge is 0.123 e. The van der Waals surface area contributed by atoms with Gasteiger partial charge in [-0.05, 0) is 92.9 Å². The summed E-state index contributed by atoms with van der Waals surface area (Å²) in [6, 6.07) is 19.8. The van der Waals surface area contributed by atoms with Crippen LogP contribution in [0.5, 0.6) is 5.75 Å². The molecule has 1 N–H and O–H groups in total. The van der Waals surface area contributed by atoms with E-state index in [0.29, 0.717) is 11.5 Å². The number of thiophene rings is 1. The van der Waals surface area contributed by atoms with Gasteiger partial charge < -0.3 is 5.11 Å². The molecule has 2 aliphatic carbocycles. The molecule has 1 spiro atoms. The molecule has 4 heteroatoms. The van der Waals surface area contributed by atoms with Crippen molar-refractivity contribution in [3.8, 4) is 16.9 Å². The van der Waals surface area contributed by atoms with E-state index < -0.39 is 0 Å². The van der Waals surface area contributed by atoms with Crippen LogP contribution < -0.4 is 0 Å². The van der Waals surface area contributed by atoms with Gasteiger partial charge >= 0.3 is 0 Å². The third-order valence-electron chi connectivity index (χ3n) is 7.92. The summed E-state index contributed by atoms with van der Waals surface area (Å²) >= 11 is 8.23. The molecule has 0 aliphatic heterocycles. The summed E-state index contributed by atoms with van der Waals surface area (Å²) < 4.78 is 1.25. The molecule has 0 unspecified atom stereocenters. The van der Waals surface area contributed by atoms with Crippen LogP contribution in [0.25, 0.3) is 21.9 Å². The Morgan fingerprint density at radius 2 is 1.63 bits per heavy atom. The van der Waals surface area contributed by atoms with Crippen molar-refractivity contribution >= 4 is 46.5 Å². The van der Waals surface area contributed by atoms with Crippen molar-refractivity contribution in [3.05, 3.63) is 76.7 Å². The molecule has 1 saturated carbocycles. The van der Waals surface area contributed by atoms with E-state index in [1.807, 2.05) is 0 Å². The fourth-order valence-electron chi connectivity index (χ4n) is 7.55. The number of benzene rings is 3. The Labute approximate surface area is 222 Å². The first kappa shape index (κ1) is 23.5. The van der Waals surface area contributed by atoms with Crippen LogP contribution in [0.15, 0.2) is 69.1 Å². The standard InChI is InChI=1S/C31H32OS3/c1-29(2)16-30(3,4)18-31(17-29)23-9-6-5-8-20(23)28-22-12-19(15-33)26(35-27-10-7-11-34-27)13-21(22)25(32)14-24(28)31/h5-14,32-33H,15-18H2,1-4H3. The fraction of sp³-hybridized carbons (Fsp3) is 0.355. The van der Waals surface area contributed by atoms with Gasteiger partial charge in [-0.2, -0.15) is 12.6 Å². The van der Waals surface area contributed by atoms with E-state index >= 15 is 0 Å². The molecule has 6 rings (SSSR count). The number of fused-ring (bicyclic) bond motifs is 7. The Kier molecular flexibility index (Phi) is 5.42. The molecule has 1 heterocycles. The van der Waals surface area contributed by atoms with Crippen LogP contribution >= 0.6 is 35.7 Å². The highest BCUT2D eigenvalue weighted by Crippen LogP contribution is 2.64. The van der Waals surface area contributed by atoms with Gasteiger partial charge in [0.15, 0.2) is 0 Å².